The van der Waals surface area contributed by atoms with Crippen LogP contribution in [0.5, 0.6) is 11.6 Å². The standard InChI is InChI=1S/C14H13ClN2O3/c1-7-5-9(15)6-8(2)12(7)20-13-11(16)10(14(18)19)3-4-17-13/h3-6H,16H2,1-2H3,(H,18,19). The van der Waals surface area contributed by atoms with Gasteiger partial charge in [-0.2, -0.15) is 0 Å². The Kier molecular flexibility index (Phi) is 3.81. The van der Waals surface area contributed by atoms with Gasteiger partial charge >= 0.3 is 5.97 Å². The number of hydrogen-bond donors (Lipinski definition) is 2. The predicted octanol–water partition coefficient (Wildman–Crippen LogP) is 3.42. The van der Waals surface area contributed by atoms with Crippen LogP contribution in [0.3, 0.4) is 0 Å². The summed E-state index contributed by atoms with van der Waals surface area (Å²) in [6, 6.07) is 4.83. The fourth-order valence-corrected chi connectivity index (χ4v) is 2.20. The van der Waals surface area contributed by atoms with Crippen molar-refractivity contribution >= 4 is 23.3 Å². The number of pyridine rings is 1. The van der Waals surface area contributed by atoms with E-state index < -0.39 is 5.97 Å². The van der Waals surface area contributed by atoms with Gasteiger partial charge in [-0.05, 0) is 43.2 Å². The van der Waals surface area contributed by atoms with Gasteiger partial charge in [-0.25, -0.2) is 9.78 Å². The van der Waals surface area contributed by atoms with Crippen molar-refractivity contribution in [2.75, 3.05) is 5.73 Å². The lowest BCUT2D eigenvalue weighted by Gasteiger charge is -2.13. The number of aromatic carboxylic acids is 1. The van der Waals surface area contributed by atoms with Crippen LogP contribution >= 0.6 is 11.6 Å². The zero-order valence-corrected chi connectivity index (χ0v) is 11.7. The van der Waals surface area contributed by atoms with E-state index in [0.717, 1.165) is 11.1 Å². The summed E-state index contributed by atoms with van der Waals surface area (Å²) in [7, 11) is 0. The third kappa shape index (κ3) is 2.67. The third-order valence-corrected chi connectivity index (χ3v) is 3.03. The molecule has 0 saturated heterocycles. The van der Waals surface area contributed by atoms with Crippen molar-refractivity contribution in [2.24, 2.45) is 0 Å². The normalized spacial score (nSPS) is 10.3. The highest BCUT2D eigenvalue weighted by molar-refractivity contribution is 6.30. The van der Waals surface area contributed by atoms with Crippen molar-refractivity contribution in [3.05, 3.63) is 46.1 Å². The smallest absolute Gasteiger partial charge is 0.338 e. The second-order valence-electron chi connectivity index (χ2n) is 4.35. The molecule has 2 aromatic rings. The minimum atomic E-state index is -1.13. The minimum absolute atomic E-state index is 0.00579. The highest BCUT2D eigenvalue weighted by Crippen LogP contribution is 2.33. The average Bonchev–Trinajstić information content (AvgIpc) is 2.35. The molecule has 0 atom stereocenters. The van der Waals surface area contributed by atoms with Crippen molar-refractivity contribution < 1.29 is 14.6 Å². The lowest BCUT2D eigenvalue weighted by atomic mass is 10.1. The molecule has 2 rings (SSSR count). The molecule has 104 valence electrons. The summed E-state index contributed by atoms with van der Waals surface area (Å²) in [6.45, 7) is 3.68. The number of nitrogens with zero attached hydrogens (tertiary/aromatic N) is 1. The minimum Gasteiger partial charge on any atom is -0.478 e. The first-order chi connectivity index (χ1) is 9.40. The van der Waals surface area contributed by atoms with E-state index in [4.69, 9.17) is 27.2 Å². The number of hydrogen-bond acceptors (Lipinski definition) is 4. The number of carboxylic acids is 1. The van der Waals surface area contributed by atoms with Gasteiger partial charge in [0.2, 0.25) is 5.88 Å². The van der Waals surface area contributed by atoms with E-state index in [1.165, 1.54) is 12.3 Å². The van der Waals surface area contributed by atoms with Gasteiger partial charge in [-0.1, -0.05) is 11.6 Å². The lowest BCUT2D eigenvalue weighted by Crippen LogP contribution is -2.05. The molecule has 0 aliphatic carbocycles. The Bertz CT molecular complexity index is 663. The van der Waals surface area contributed by atoms with E-state index in [1.807, 2.05) is 13.8 Å². The topological polar surface area (TPSA) is 85.4 Å². The Labute approximate surface area is 121 Å². The van der Waals surface area contributed by atoms with Crippen molar-refractivity contribution in [2.45, 2.75) is 13.8 Å². The van der Waals surface area contributed by atoms with Gasteiger partial charge in [-0.15, -0.1) is 0 Å². The molecule has 3 N–H and O–H groups in total. The van der Waals surface area contributed by atoms with Crippen molar-refractivity contribution in [1.82, 2.24) is 4.98 Å². The number of halogens is 1. The van der Waals surface area contributed by atoms with E-state index in [2.05, 4.69) is 4.98 Å². The van der Waals surface area contributed by atoms with E-state index in [9.17, 15) is 4.79 Å². The number of aryl methyl sites for hydroxylation is 2. The molecule has 0 aliphatic heterocycles. The number of carboxylic acid groups (broad SMARTS) is 1. The van der Waals surface area contributed by atoms with Gasteiger partial charge in [-0.3, -0.25) is 0 Å². The molecule has 0 saturated carbocycles. The molecule has 0 spiro atoms. The summed E-state index contributed by atoms with van der Waals surface area (Å²) in [5, 5.41) is 9.63. The molecule has 1 aromatic heterocycles. The maximum Gasteiger partial charge on any atom is 0.338 e. The predicted molar refractivity (Wildman–Crippen MR) is 76.6 cm³/mol. The van der Waals surface area contributed by atoms with Crippen molar-refractivity contribution in [3.63, 3.8) is 0 Å². The Hall–Kier alpha value is -2.27. The van der Waals surface area contributed by atoms with E-state index in [-0.39, 0.29) is 17.1 Å². The fraction of sp³-hybridized carbons (Fsp3) is 0.143. The number of anilines is 1. The number of nitrogen functional groups attached to an aromatic ring is 1. The molecule has 0 fully saturated rings. The highest BCUT2D eigenvalue weighted by atomic mass is 35.5. The first-order valence-electron chi connectivity index (χ1n) is 5.82. The molecule has 1 aromatic carbocycles. The molecule has 0 amide bonds. The van der Waals surface area contributed by atoms with E-state index in [0.29, 0.717) is 10.8 Å². The number of carbonyl (C=O) groups is 1. The number of ether oxygens (including phenoxy) is 1. The van der Waals surface area contributed by atoms with Gasteiger partial charge in [0, 0.05) is 11.2 Å². The maximum atomic E-state index is 11.0. The van der Waals surface area contributed by atoms with E-state index in [1.54, 1.807) is 12.1 Å². The SMILES string of the molecule is Cc1cc(Cl)cc(C)c1Oc1nccc(C(=O)O)c1N. The van der Waals surface area contributed by atoms with Crippen LogP contribution in [0.2, 0.25) is 5.02 Å². The Morgan fingerprint density at radius 2 is 1.95 bits per heavy atom. The summed E-state index contributed by atoms with van der Waals surface area (Å²) in [4.78, 5) is 15.0. The van der Waals surface area contributed by atoms with Gasteiger partial charge in [0.25, 0.3) is 0 Å². The summed E-state index contributed by atoms with van der Waals surface area (Å²) in [6.07, 6.45) is 1.34. The molecule has 0 unspecified atom stereocenters. The lowest BCUT2D eigenvalue weighted by molar-refractivity contribution is 0.0697. The Morgan fingerprint density at radius 3 is 2.50 bits per heavy atom. The fourth-order valence-electron chi connectivity index (χ4n) is 1.88. The van der Waals surface area contributed by atoms with Crippen LogP contribution in [0.4, 0.5) is 5.69 Å². The van der Waals surface area contributed by atoms with Gasteiger partial charge in [0.1, 0.15) is 11.4 Å². The summed E-state index contributed by atoms with van der Waals surface area (Å²) in [5.41, 5.74) is 7.35. The van der Waals surface area contributed by atoms with Crippen LogP contribution in [0, 0.1) is 13.8 Å². The molecular weight excluding hydrogens is 280 g/mol. The number of nitrogens with two attached hydrogens (primary N) is 1. The van der Waals surface area contributed by atoms with Gasteiger partial charge in [0.05, 0.1) is 5.56 Å². The third-order valence-electron chi connectivity index (χ3n) is 2.81. The first-order valence-corrected chi connectivity index (χ1v) is 6.20. The molecule has 0 aliphatic rings. The first kappa shape index (κ1) is 14.1. The Morgan fingerprint density at radius 1 is 1.35 bits per heavy atom. The molecule has 5 nitrogen and oxygen atoms in total. The molecule has 1 heterocycles. The zero-order valence-electron chi connectivity index (χ0n) is 11.0. The quantitative estimate of drug-likeness (QED) is 0.905. The highest BCUT2D eigenvalue weighted by Gasteiger charge is 2.15. The summed E-state index contributed by atoms with van der Waals surface area (Å²) >= 11 is 5.95. The van der Waals surface area contributed by atoms with Crippen LogP contribution < -0.4 is 10.5 Å². The average molecular weight is 293 g/mol. The van der Waals surface area contributed by atoms with Crippen molar-refractivity contribution in [3.8, 4) is 11.6 Å². The van der Waals surface area contributed by atoms with Crippen molar-refractivity contribution in [1.29, 1.82) is 0 Å². The second-order valence-corrected chi connectivity index (χ2v) is 4.79. The van der Waals surface area contributed by atoms with Gasteiger partial charge in [0.15, 0.2) is 0 Å². The van der Waals surface area contributed by atoms with Crippen LogP contribution in [-0.4, -0.2) is 16.1 Å². The molecule has 20 heavy (non-hydrogen) atoms. The molecule has 6 heteroatoms. The number of aromatic nitrogens is 1. The summed E-state index contributed by atoms with van der Waals surface area (Å²) < 4.78 is 5.66. The second kappa shape index (κ2) is 5.38. The molecular formula is C14H13ClN2O3. The molecule has 0 bridgehead atoms. The van der Waals surface area contributed by atoms with E-state index >= 15 is 0 Å². The van der Waals surface area contributed by atoms with Crippen LogP contribution in [-0.2, 0) is 0 Å². The zero-order chi connectivity index (χ0) is 14.9. The maximum absolute atomic E-state index is 11.0. The summed E-state index contributed by atoms with van der Waals surface area (Å²) in [5.74, 6) is -0.492. The van der Waals surface area contributed by atoms with Crippen LogP contribution in [0.15, 0.2) is 24.4 Å². The van der Waals surface area contributed by atoms with Gasteiger partial charge < -0.3 is 15.6 Å². The van der Waals surface area contributed by atoms with Crippen LogP contribution in [0.25, 0.3) is 0 Å². The number of benzene rings is 1. The molecule has 0 radical (unpaired) electrons. The van der Waals surface area contributed by atoms with Crippen LogP contribution in [0.1, 0.15) is 21.5 Å². The monoisotopic (exact) mass is 292 g/mol. The number of rotatable bonds is 3. The Balaban J connectivity index is 2.46. The largest absolute Gasteiger partial charge is 0.478 e.